The highest BCUT2D eigenvalue weighted by Crippen LogP contribution is 2.16. The highest BCUT2D eigenvalue weighted by atomic mass is 35.5. The predicted octanol–water partition coefficient (Wildman–Crippen LogP) is 0.655. The van der Waals surface area contributed by atoms with Crippen LogP contribution in [0.15, 0.2) is 24.3 Å². The zero-order valence-corrected chi connectivity index (χ0v) is 8.69. The number of carboxylic acid groups (broad SMARTS) is 1. The normalized spacial score (nSPS) is 14.6. The molecule has 2 atom stereocenters. The molecule has 4 N–H and O–H groups in total. The number of hydrogen-bond acceptors (Lipinski definition) is 3. The molecule has 82 valence electrons. The van der Waals surface area contributed by atoms with E-state index in [9.17, 15) is 9.90 Å². The molecule has 0 aliphatic heterocycles. The maximum Gasteiger partial charge on any atom is 0.334 e. The average Bonchev–Trinajstić information content (AvgIpc) is 2.20. The molecule has 0 spiro atoms. The largest absolute Gasteiger partial charge is 0.479 e. The second-order valence-electron chi connectivity index (χ2n) is 3.24. The number of aliphatic carboxylic acids is 1. The van der Waals surface area contributed by atoms with Crippen LogP contribution in [0.4, 0.5) is 0 Å². The molecule has 0 saturated carbocycles. The van der Waals surface area contributed by atoms with E-state index < -0.39 is 18.1 Å². The lowest BCUT2D eigenvalue weighted by Gasteiger charge is -2.15. The van der Waals surface area contributed by atoms with Gasteiger partial charge in [-0.1, -0.05) is 29.8 Å². The second kappa shape index (κ2) is 5.11. The van der Waals surface area contributed by atoms with Crippen LogP contribution >= 0.6 is 11.6 Å². The lowest BCUT2D eigenvalue weighted by atomic mass is 10.0. The second-order valence-corrected chi connectivity index (χ2v) is 3.65. The van der Waals surface area contributed by atoms with Crippen LogP contribution < -0.4 is 5.73 Å². The summed E-state index contributed by atoms with van der Waals surface area (Å²) in [4.78, 5) is 10.5. The standard InChI is InChI=1S/C10H12ClNO3/c11-7-4-2-1-3-6(7)5-8(12)9(13)10(14)15/h1-4,8-9,13H,5,12H2,(H,14,15)/t8-,9-/m0/s1. The minimum absolute atomic E-state index is 0.229. The Morgan fingerprint density at radius 2 is 2.07 bits per heavy atom. The maximum atomic E-state index is 10.5. The van der Waals surface area contributed by atoms with Gasteiger partial charge in [-0.2, -0.15) is 0 Å². The zero-order chi connectivity index (χ0) is 11.4. The van der Waals surface area contributed by atoms with Crippen LogP contribution in [-0.4, -0.2) is 28.3 Å². The molecule has 0 aliphatic carbocycles. The molecule has 0 bridgehead atoms. The Kier molecular flexibility index (Phi) is 4.08. The Hall–Kier alpha value is -1.10. The van der Waals surface area contributed by atoms with E-state index in [1.165, 1.54) is 0 Å². The number of carbonyl (C=O) groups is 1. The minimum atomic E-state index is -1.57. The molecular formula is C10H12ClNO3. The lowest BCUT2D eigenvalue weighted by Crippen LogP contribution is -2.41. The van der Waals surface area contributed by atoms with Crippen molar-refractivity contribution in [3.63, 3.8) is 0 Å². The smallest absolute Gasteiger partial charge is 0.334 e. The van der Waals surface area contributed by atoms with Crippen molar-refractivity contribution in [3.05, 3.63) is 34.9 Å². The monoisotopic (exact) mass is 229 g/mol. The van der Waals surface area contributed by atoms with E-state index in [-0.39, 0.29) is 6.42 Å². The van der Waals surface area contributed by atoms with E-state index in [1.807, 2.05) is 0 Å². The van der Waals surface area contributed by atoms with E-state index in [1.54, 1.807) is 24.3 Å². The summed E-state index contributed by atoms with van der Waals surface area (Å²) >= 11 is 5.87. The van der Waals surface area contributed by atoms with Gasteiger partial charge in [0, 0.05) is 11.1 Å². The number of aliphatic hydroxyl groups is 1. The number of aliphatic hydroxyl groups excluding tert-OH is 1. The summed E-state index contributed by atoms with van der Waals surface area (Å²) in [6.07, 6.45) is -1.34. The molecule has 5 heteroatoms. The van der Waals surface area contributed by atoms with Crippen molar-refractivity contribution < 1.29 is 15.0 Å². The van der Waals surface area contributed by atoms with Gasteiger partial charge in [-0.25, -0.2) is 4.79 Å². The predicted molar refractivity (Wildman–Crippen MR) is 56.8 cm³/mol. The van der Waals surface area contributed by atoms with Gasteiger partial charge in [0.25, 0.3) is 0 Å². The third kappa shape index (κ3) is 3.20. The summed E-state index contributed by atoms with van der Waals surface area (Å²) < 4.78 is 0. The van der Waals surface area contributed by atoms with Gasteiger partial charge in [0.05, 0.1) is 0 Å². The van der Waals surface area contributed by atoms with E-state index in [4.69, 9.17) is 22.4 Å². The third-order valence-corrected chi connectivity index (χ3v) is 2.44. The summed E-state index contributed by atoms with van der Waals surface area (Å²) in [5, 5.41) is 18.2. The maximum absolute atomic E-state index is 10.5. The molecule has 1 aromatic rings. The van der Waals surface area contributed by atoms with Crippen LogP contribution in [-0.2, 0) is 11.2 Å². The summed E-state index contributed by atoms with van der Waals surface area (Å²) in [7, 11) is 0. The van der Waals surface area contributed by atoms with Gasteiger partial charge in [-0.05, 0) is 18.1 Å². The number of rotatable bonds is 4. The van der Waals surface area contributed by atoms with Crippen LogP contribution in [0.5, 0.6) is 0 Å². The van der Waals surface area contributed by atoms with Gasteiger partial charge >= 0.3 is 5.97 Å². The first-order valence-corrected chi connectivity index (χ1v) is 4.80. The molecule has 4 nitrogen and oxygen atoms in total. The lowest BCUT2D eigenvalue weighted by molar-refractivity contribution is -0.147. The van der Waals surface area contributed by atoms with Gasteiger partial charge in [-0.3, -0.25) is 0 Å². The van der Waals surface area contributed by atoms with Gasteiger partial charge in [0.2, 0.25) is 0 Å². The molecule has 0 heterocycles. The van der Waals surface area contributed by atoms with E-state index in [0.717, 1.165) is 5.56 Å². The van der Waals surface area contributed by atoms with Crippen LogP contribution in [0.1, 0.15) is 5.56 Å². The number of benzene rings is 1. The zero-order valence-electron chi connectivity index (χ0n) is 7.93. The molecule has 0 unspecified atom stereocenters. The Morgan fingerprint density at radius 1 is 1.47 bits per heavy atom. The average molecular weight is 230 g/mol. The Balaban J connectivity index is 2.70. The molecule has 0 aromatic heterocycles. The minimum Gasteiger partial charge on any atom is -0.479 e. The summed E-state index contributed by atoms with van der Waals surface area (Å²) in [6, 6.07) is 6.13. The summed E-state index contributed by atoms with van der Waals surface area (Å²) in [5.41, 5.74) is 6.26. The Morgan fingerprint density at radius 3 is 2.60 bits per heavy atom. The first-order chi connectivity index (χ1) is 7.02. The topological polar surface area (TPSA) is 83.5 Å². The van der Waals surface area contributed by atoms with Crippen LogP contribution in [0, 0.1) is 0 Å². The fraction of sp³-hybridized carbons (Fsp3) is 0.300. The van der Waals surface area contributed by atoms with Gasteiger partial charge < -0.3 is 15.9 Å². The molecular weight excluding hydrogens is 218 g/mol. The van der Waals surface area contributed by atoms with E-state index in [2.05, 4.69) is 0 Å². The van der Waals surface area contributed by atoms with Crippen molar-refractivity contribution in [1.82, 2.24) is 0 Å². The van der Waals surface area contributed by atoms with Crippen molar-refractivity contribution in [2.45, 2.75) is 18.6 Å². The highest BCUT2D eigenvalue weighted by Gasteiger charge is 2.22. The van der Waals surface area contributed by atoms with Gasteiger partial charge in [0.15, 0.2) is 6.10 Å². The van der Waals surface area contributed by atoms with Crippen molar-refractivity contribution in [1.29, 1.82) is 0 Å². The molecule has 0 fully saturated rings. The molecule has 0 saturated heterocycles. The van der Waals surface area contributed by atoms with E-state index in [0.29, 0.717) is 5.02 Å². The highest BCUT2D eigenvalue weighted by molar-refractivity contribution is 6.31. The quantitative estimate of drug-likeness (QED) is 0.708. The summed E-state index contributed by atoms with van der Waals surface area (Å²) in [5.74, 6) is -1.32. The van der Waals surface area contributed by atoms with Gasteiger partial charge in [-0.15, -0.1) is 0 Å². The van der Waals surface area contributed by atoms with Crippen LogP contribution in [0.2, 0.25) is 5.02 Å². The molecule has 1 rings (SSSR count). The van der Waals surface area contributed by atoms with Crippen LogP contribution in [0.3, 0.4) is 0 Å². The summed E-state index contributed by atoms with van der Waals surface area (Å²) in [6.45, 7) is 0. The Labute approximate surface area is 92.3 Å². The van der Waals surface area contributed by atoms with Crippen molar-refractivity contribution in [3.8, 4) is 0 Å². The number of nitrogens with two attached hydrogens (primary N) is 1. The molecule has 1 aromatic carbocycles. The number of carboxylic acids is 1. The molecule has 0 aliphatic rings. The number of halogens is 1. The Bertz CT molecular complexity index is 356. The third-order valence-electron chi connectivity index (χ3n) is 2.07. The molecule has 0 radical (unpaired) electrons. The fourth-order valence-corrected chi connectivity index (χ4v) is 1.43. The first-order valence-electron chi connectivity index (χ1n) is 4.42. The van der Waals surface area contributed by atoms with E-state index >= 15 is 0 Å². The molecule has 15 heavy (non-hydrogen) atoms. The van der Waals surface area contributed by atoms with Crippen molar-refractivity contribution in [2.24, 2.45) is 5.73 Å². The SMILES string of the molecule is N[C@@H](Cc1ccccc1Cl)[C@H](O)C(=O)O. The van der Waals surface area contributed by atoms with Crippen molar-refractivity contribution >= 4 is 17.6 Å². The van der Waals surface area contributed by atoms with Crippen molar-refractivity contribution in [2.75, 3.05) is 0 Å². The molecule has 0 amide bonds. The van der Waals surface area contributed by atoms with Gasteiger partial charge in [0.1, 0.15) is 0 Å². The first kappa shape index (κ1) is 12.0. The van der Waals surface area contributed by atoms with Crippen LogP contribution in [0.25, 0.3) is 0 Å². The fourth-order valence-electron chi connectivity index (χ4n) is 1.21. The number of hydrogen-bond donors (Lipinski definition) is 3.